The Hall–Kier alpha value is -0.610. The molecule has 1 aliphatic heterocycles. The van der Waals surface area contributed by atoms with Crippen molar-refractivity contribution >= 4 is 5.91 Å². The van der Waals surface area contributed by atoms with Gasteiger partial charge in [0.25, 0.3) is 0 Å². The van der Waals surface area contributed by atoms with E-state index in [0.29, 0.717) is 13.1 Å². The number of rotatable bonds is 2. The zero-order chi connectivity index (χ0) is 11.6. The first-order valence-corrected chi connectivity index (χ1v) is 5.50. The van der Waals surface area contributed by atoms with Gasteiger partial charge in [-0.05, 0) is 34.7 Å². The molecule has 15 heavy (non-hydrogen) atoms. The van der Waals surface area contributed by atoms with Crippen molar-refractivity contribution in [2.45, 2.75) is 45.4 Å². The van der Waals surface area contributed by atoms with E-state index in [-0.39, 0.29) is 18.1 Å². The second-order valence-corrected chi connectivity index (χ2v) is 4.84. The highest BCUT2D eigenvalue weighted by Gasteiger charge is 2.34. The van der Waals surface area contributed by atoms with Crippen LogP contribution in [0.1, 0.15) is 27.7 Å². The van der Waals surface area contributed by atoms with Gasteiger partial charge >= 0.3 is 0 Å². The number of hydrogen-bond donors (Lipinski definition) is 1. The highest BCUT2D eigenvalue weighted by atomic mass is 16.5. The molecule has 0 aromatic heterocycles. The van der Waals surface area contributed by atoms with E-state index in [2.05, 4.69) is 5.32 Å². The molecule has 4 nitrogen and oxygen atoms in total. The summed E-state index contributed by atoms with van der Waals surface area (Å²) in [5, 5.41) is 3.04. The number of carbonyl (C=O) groups is 1. The number of morpholine rings is 1. The highest BCUT2D eigenvalue weighted by Crippen LogP contribution is 2.15. The third-order valence-corrected chi connectivity index (χ3v) is 2.87. The molecular weight excluding hydrogens is 192 g/mol. The maximum Gasteiger partial charge on any atom is 0.242 e. The highest BCUT2D eigenvalue weighted by molar-refractivity contribution is 5.85. The van der Waals surface area contributed by atoms with Crippen LogP contribution in [0.3, 0.4) is 0 Å². The Morgan fingerprint density at radius 1 is 1.33 bits per heavy atom. The van der Waals surface area contributed by atoms with Gasteiger partial charge in [-0.3, -0.25) is 4.79 Å². The Kier molecular flexibility index (Phi) is 3.73. The zero-order valence-electron chi connectivity index (χ0n) is 10.3. The number of carbonyl (C=O) groups excluding carboxylic acids is 1. The van der Waals surface area contributed by atoms with Crippen LogP contribution in [0.2, 0.25) is 0 Å². The minimum absolute atomic E-state index is 0.130. The molecule has 1 aliphatic rings. The molecule has 0 aromatic carbocycles. The first-order chi connectivity index (χ1) is 6.86. The van der Waals surface area contributed by atoms with Gasteiger partial charge in [-0.1, -0.05) is 0 Å². The van der Waals surface area contributed by atoms with E-state index in [1.54, 1.807) is 0 Å². The minimum atomic E-state index is -0.489. The molecule has 0 radical (unpaired) electrons. The summed E-state index contributed by atoms with van der Waals surface area (Å²) in [6, 6.07) is 0. The number of hydrogen-bond acceptors (Lipinski definition) is 3. The maximum absolute atomic E-state index is 12.1. The summed E-state index contributed by atoms with van der Waals surface area (Å²) < 4.78 is 5.60. The van der Waals surface area contributed by atoms with Crippen molar-refractivity contribution in [3.8, 4) is 0 Å². The van der Waals surface area contributed by atoms with Crippen molar-refractivity contribution in [1.82, 2.24) is 10.2 Å². The SMILES string of the molecule is CNC(C)(C)C(=O)N1C[C@@H](C)O[C@@H](C)C1. The molecule has 1 rings (SSSR count). The fraction of sp³-hybridized carbons (Fsp3) is 0.909. The Morgan fingerprint density at radius 3 is 2.20 bits per heavy atom. The summed E-state index contributed by atoms with van der Waals surface area (Å²) >= 11 is 0. The predicted octanol–water partition coefficient (Wildman–Crippen LogP) is 0.620. The molecule has 0 bridgehead atoms. The molecule has 0 aromatic rings. The van der Waals surface area contributed by atoms with Crippen molar-refractivity contribution in [2.24, 2.45) is 0 Å². The molecule has 88 valence electrons. The summed E-state index contributed by atoms with van der Waals surface area (Å²) in [5.41, 5.74) is -0.489. The summed E-state index contributed by atoms with van der Waals surface area (Å²) in [7, 11) is 1.81. The molecular formula is C11H22N2O2. The van der Waals surface area contributed by atoms with E-state index in [1.807, 2.05) is 39.6 Å². The lowest BCUT2D eigenvalue weighted by Gasteiger charge is -2.39. The van der Waals surface area contributed by atoms with Gasteiger partial charge in [0.1, 0.15) is 0 Å². The first kappa shape index (κ1) is 12.5. The van der Waals surface area contributed by atoms with Gasteiger partial charge in [-0.25, -0.2) is 0 Å². The van der Waals surface area contributed by atoms with E-state index in [0.717, 1.165) is 0 Å². The fourth-order valence-electron chi connectivity index (χ4n) is 1.85. The predicted molar refractivity (Wildman–Crippen MR) is 59.7 cm³/mol. The minimum Gasteiger partial charge on any atom is -0.372 e. The van der Waals surface area contributed by atoms with Gasteiger partial charge in [0.15, 0.2) is 0 Å². The van der Waals surface area contributed by atoms with Gasteiger partial charge in [-0.15, -0.1) is 0 Å². The molecule has 1 saturated heterocycles. The van der Waals surface area contributed by atoms with Gasteiger partial charge in [0.2, 0.25) is 5.91 Å². The van der Waals surface area contributed by atoms with E-state index in [4.69, 9.17) is 4.74 Å². The lowest BCUT2D eigenvalue weighted by atomic mass is 10.0. The molecule has 0 saturated carbocycles. The van der Waals surface area contributed by atoms with Crippen LogP contribution in [-0.2, 0) is 9.53 Å². The van der Waals surface area contributed by atoms with Crippen LogP contribution in [0.4, 0.5) is 0 Å². The van der Waals surface area contributed by atoms with Crippen molar-refractivity contribution in [2.75, 3.05) is 20.1 Å². The number of nitrogens with zero attached hydrogens (tertiary/aromatic N) is 1. The van der Waals surface area contributed by atoms with Crippen molar-refractivity contribution < 1.29 is 9.53 Å². The topological polar surface area (TPSA) is 41.6 Å². The molecule has 0 aliphatic carbocycles. The van der Waals surface area contributed by atoms with Crippen molar-refractivity contribution in [1.29, 1.82) is 0 Å². The van der Waals surface area contributed by atoms with Gasteiger partial charge in [0.05, 0.1) is 17.7 Å². The normalized spacial score (nSPS) is 27.9. The van der Waals surface area contributed by atoms with Crippen LogP contribution in [0, 0.1) is 0 Å². The fourth-order valence-corrected chi connectivity index (χ4v) is 1.85. The van der Waals surface area contributed by atoms with Crippen LogP contribution < -0.4 is 5.32 Å². The van der Waals surface area contributed by atoms with Crippen LogP contribution in [0.25, 0.3) is 0 Å². The summed E-state index contributed by atoms with van der Waals surface area (Å²) in [4.78, 5) is 14.0. The zero-order valence-corrected chi connectivity index (χ0v) is 10.3. The Bertz CT molecular complexity index is 231. The maximum atomic E-state index is 12.1. The average Bonchev–Trinajstić information content (AvgIpc) is 2.15. The molecule has 1 N–H and O–H groups in total. The van der Waals surface area contributed by atoms with E-state index in [9.17, 15) is 4.79 Å². The largest absolute Gasteiger partial charge is 0.372 e. The summed E-state index contributed by atoms with van der Waals surface area (Å²) in [5.74, 6) is 0.145. The monoisotopic (exact) mass is 214 g/mol. The molecule has 1 heterocycles. The Labute approximate surface area is 92.0 Å². The van der Waals surface area contributed by atoms with Gasteiger partial charge in [-0.2, -0.15) is 0 Å². The molecule has 2 atom stereocenters. The molecule has 1 amide bonds. The number of nitrogens with one attached hydrogen (secondary N) is 1. The standard InChI is InChI=1S/C11H22N2O2/c1-8-6-13(7-9(2)15-8)10(14)11(3,4)12-5/h8-9,12H,6-7H2,1-5H3/t8-,9+. The lowest BCUT2D eigenvalue weighted by Crippen LogP contribution is -2.58. The van der Waals surface area contributed by atoms with Gasteiger partial charge < -0.3 is 15.0 Å². The quantitative estimate of drug-likeness (QED) is 0.732. The molecule has 0 spiro atoms. The second-order valence-electron chi connectivity index (χ2n) is 4.84. The van der Waals surface area contributed by atoms with Crippen LogP contribution in [0.15, 0.2) is 0 Å². The third-order valence-electron chi connectivity index (χ3n) is 2.87. The Balaban J connectivity index is 2.67. The third kappa shape index (κ3) is 2.92. The number of likely N-dealkylation sites (N-methyl/N-ethyl adjacent to an activating group) is 1. The number of amides is 1. The van der Waals surface area contributed by atoms with Crippen molar-refractivity contribution in [3.63, 3.8) is 0 Å². The second kappa shape index (κ2) is 4.49. The average molecular weight is 214 g/mol. The summed E-state index contributed by atoms with van der Waals surface area (Å²) in [6.07, 6.45) is 0.260. The smallest absolute Gasteiger partial charge is 0.242 e. The molecule has 4 heteroatoms. The van der Waals surface area contributed by atoms with E-state index >= 15 is 0 Å². The molecule has 0 unspecified atom stereocenters. The van der Waals surface area contributed by atoms with E-state index in [1.165, 1.54) is 0 Å². The van der Waals surface area contributed by atoms with Crippen LogP contribution in [0.5, 0.6) is 0 Å². The summed E-state index contributed by atoms with van der Waals surface area (Å²) in [6.45, 7) is 9.19. The van der Waals surface area contributed by atoms with Crippen LogP contribution >= 0.6 is 0 Å². The van der Waals surface area contributed by atoms with Crippen molar-refractivity contribution in [3.05, 3.63) is 0 Å². The first-order valence-electron chi connectivity index (χ1n) is 5.50. The lowest BCUT2D eigenvalue weighted by molar-refractivity contribution is -0.148. The number of ether oxygens (including phenoxy) is 1. The van der Waals surface area contributed by atoms with E-state index < -0.39 is 5.54 Å². The van der Waals surface area contributed by atoms with Crippen LogP contribution in [-0.4, -0.2) is 48.7 Å². The van der Waals surface area contributed by atoms with Gasteiger partial charge in [0, 0.05) is 13.1 Å². The Morgan fingerprint density at radius 2 is 1.80 bits per heavy atom. The molecule has 1 fully saturated rings.